The van der Waals surface area contributed by atoms with Crippen molar-refractivity contribution in [2.75, 3.05) is 42.6 Å². The van der Waals surface area contributed by atoms with Gasteiger partial charge in [0.1, 0.15) is 22.2 Å². The third-order valence-electron chi connectivity index (χ3n) is 5.91. The van der Waals surface area contributed by atoms with Gasteiger partial charge in [0.15, 0.2) is 0 Å². The van der Waals surface area contributed by atoms with Gasteiger partial charge in [-0.15, -0.1) is 11.3 Å². The Morgan fingerprint density at radius 3 is 2.30 bits per heavy atom. The minimum absolute atomic E-state index is 0.218. The number of nitrogens with zero attached hydrogens (tertiary/aromatic N) is 4. The summed E-state index contributed by atoms with van der Waals surface area (Å²) in [5, 5.41) is 1.30. The summed E-state index contributed by atoms with van der Waals surface area (Å²) in [6.07, 6.45) is 0. The zero-order valence-corrected chi connectivity index (χ0v) is 20.1. The number of thiophene rings is 1. The lowest BCUT2D eigenvalue weighted by molar-refractivity contribution is 0.340. The van der Waals surface area contributed by atoms with Crippen molar-refractivity contribution >= 4 is 44.7 Å². The van der Waals surface area contributed by atoms with Crippen molar-refractivity contribution in [2.24, 2.45) is 0 Å². The van der Waals surface area contributed by atoms with E-state index in [0.717, 1.165) is 64.8 Å². The van der Waals surface area contributed by atoms with Crippen LogP contribution in [0, 0.1) is 12.7 Å². The van der Waals surface area contributed by atoms with Gasteiger partial charge in [-0.1, -0.05) is 12.1 Å². The van der Waals surface area contributed by atoms with E-state index in [1.54, 1.807) is 11.3 Å². The Kier molecular flexibility index (Phi) is 6.08. The standard InChI is InChI=1S/C25H24ClFN4OS/c1-3-32-20-10-4-17(5-11-20)21-16(2)33-24-22(21)23(28-25(26)29-24)31-14-12-30(13-15-31)19-8-6-18(27)7-9-19/h4-11H,3,12-15H2,1-2H3. The molecular formula is C25H24ClFN4OS. The topological polar surface area (TPSA) is 41.5 Å². The predicted octanol–water partition coefficient (Wildman–Crippen LogP) is 6.18. The van der Waals surface area contributed by atoms with Crippen molar-refractivity contribution in [2.45, 2.75) is 13.8 Å². The SMILES string of the molecule is CCOc1ccc(-c2c(C)sc3nc(Cl)nc(N4CCN(c5ccc(F)cc5)CC4)c23)cc1. The molecule has 0 saturated carbocycles. The molecule has 1 fully saturated rings. The minimum atomic E-state index is -0.218. The van der Waals surface area contributed by atoms with Crippen molar-refractivity contribution in [3.63, 3.8) is 0 Å². The summed E-state index contributed by atoms with van der Waals surface area (Å²) in [6, 6.07) is 14.8. The molecule has 5 nitrogen and oxygen atoms in total. The molecule has 8 heteroatoms. The summed E-state index contributed by atoms with van der Waals surface area (Å²) in [5.41, 5.74) is 3.29. The summed E-state index contributed by atoms with van der Waals surface area (Å²) < 4.78 is 18.9. The fourth-order valence-electron chi connectivity index (χ4n) is 4.36. The van der Waals surface area contributed by atoms with Gasteiger partial charge in [-0.05, 0) is 67.4 Å². The van der Waals surface area contributed by atoms with Crippen LogP contribution in [0.5, 0.6) is 5.75 Å². The van der Waals surface area contributed by atoms with Crippen LogP contribution in [0.15, 0.2) is 48.5 Å². The number of halogens is 2. The van der Waals surface area contributed by atoms with Gasteiger partial charge < -0.3 is 14.5 Å². The average molecular weight is 483 g/mol. The molecule has 3 heterocycles. The second kappa shape index (κ2) is 9.15. The second-order valence-electron chi connectivity index (χ2n) is 7.94. The summed E-state index contributed by atoms with van der Waals surface area (Å²) in [7, 11) is 0. The number of hydrogen-bond donors (Lipinski definition) is 0. The van der Waals surface area contributed by atoms with Gasteiger partial charge in [0.25, 0.3) is 0 Å². The largest absolute Gasteiger partial charge is 0.494 e. The number of benzene rings is 2. The molecule has 0 atom stereocenters. The second-order valence-corrected chi connectivity index (χ2v) is 9.48. The van der Waals surface area contributed by atoms with Crippen molar-refractivity contribution < 1.29 is 9.13 Å². The lowest BCUT2D eigenvalue weighted by atomic mass is 10.0. The van der Waals surface area contributed by atoms with Gasteiger partial charge in [-0.3, -0.25) is 0 Å². The van der Waals surface area contributed by atoms with Gasteiger partial charge >= 0.3 is 0 Å². The minimum Gasteiger partial charge on any atom is -0.494 e. The zero-order chi connectivity index (χ0) is 22.9. The molecule has 0 bridgehead atoms. The molecule has 0 unspecified atom stereocenters. The Hall–Kier alpha value is -2.90. The highest BCUT2D eigenvalue weighted by Gasteiger charge is 2.25. The van der Waals surface area contributed by atoms with E-state index in [4.69, 9.17) is 16.3 Å². The smallest absolute Gasteiger partial charge is 0.225 e. The molecule has 0 N–H and O–H groups in total. The van der Waals surface area contributed by atoms with Gasteiger partial charge in [0.2, 0.25) is 5.28 Å². The number of fused-ring (bicyclic) bond motifs is 1. The van der Waals surface area contributed by atoms with Gasteiger partial charge in [0, 0.05) is 42.3 Å². The lowest BCUT2D eigenvalue weighted by Gasteiger charge is -2.37. The number of ether oxygens (including phenoxy) is 1. The molecule has 0 spiro atoms. The number of anilines is 2. The molecule has 1 saturated heterocycles. The molecule has 1 aliphatic rings. The summed E-state index contributed by atoms with van der Waals surface area (Å²) >= 11 is 7.98. The number of aryl methyl sites for hydroxylation is 1. The molecule has 1 aliphatic heterocycles. The highest BCUT2D eigenvalue weighted by molar-refractivity contribution is 7.19. The van der Waals surface area contributed by atoms with E-state index in [0.29, 0.717) is 6.61 Å². The molecule has 0 aliphatic carbocycles. The van der Waals surface area contributed by atoms with E-state index >= 15 is 0 Å². The van der Waals surface area contributed by atoms with E-state index in [9.17, 15) is 4.39 Å². The Bertz CT molecular complexity index is 1270. The maximum absolute atomic E-state index is 13.3. The van der Waals surface area contributed by atoms with Crippen LogP contribution in [-0.2, 0) is 0 Å². The Balaban J connectivity index is 1.49. The Labute approximate surface area is 201 Å². The van der Waals surface area contributed by atoms with Gasteiger partial charge in [0.05, 0.1) is 12.0 Å². The van der Waals surface area contributed by atoms with E-state index in [2.05, 4.69) is 38.8 Å². The summed E-state index contributed by atoms with van der Waals surface area (Å²) in [4.78, 5) is 15.8. The molecule has 0 radical (unpaired) electrons. The normalized spacial score (nSPS) is 14.2. The van der Waals surface area contributed by atoms with E-state index in [1.807, 2.05) is 31.2 Å². The van der Waals surface area contributed by atoms with E-state index in [1.165, 1.54) is 17.0 Å². The number of hydrogen-bond acceptors (Lipinski definition) is 6. The number of aromatic nitrogens is 2. The summed E-state index contributed by atoms with van der Waals surface area (Å²) in [5.74, 6) is 1.51. The maximum atomic E-state index is 13.3. The first kappa shape index (κ1) is 21.9. The quantitative estimate of drug-likeness (QED) is 0.317. The predicted molar refractivity (Wildman–Crippen MR) is 135 cm³/mol. The highest BCUT2D eigenvalue weighted by atomic mass is 35.5. The van der Waals surface area contributed by atoms with Crippen molar-refractivity contribution in [3.05, 3.63) is 64.5 Å². The zero-order valence-electron chi connectivity index (χ0n) is 18.5. The lowest BCUT2D eigenvalue weighted by Crippen LogP contribution is -2.47. The van der Waals surface area contributed by atoms with E-state index in [-0.39, 0.29) is 11.1 Å². The van der Waals surface area contributed by atoms with Crippen molar-refractivity contribution in [3.8, 4) is 16.9 Å². The van der Waals surface area contributed by atoms with Gasteiger partial charge in [-0.25, -0.2) is 9.37 Å². The first-order valence-electron chi connectivity index (χ1n) is 11.0. The molecule has 170 valence electrons. The molecule has 2 aromatic heterocycles. The van der Waals surface area contributed by atoms with Crippen LogP contribution in [0.1, 0.15) is 11.8 Å². The van der Waals surface area contributed by atoms with Crippen LogP contribution in [0.25, 0.3) is 21.3 Å². The van der Waals surface area contributed by atoms with Crippen LogP contribution < -0.4 is 14.5 Å². The van der Waals surface area contributed by atoms with Crippen molar-refractivity contribution in [1.82, 2.24) is 9.97 Å². The monoisotopic (exact) mass is 482 g/mol. The first-order chi connectivity index (χ1) is 16.0. The Morgan fingerprint density at radius 1 is 0.970 bits per heavy atom. The molecule has 5 rings (SSSR count). The third kappa shape index (κ3) is 4.35. The molecule has 4 aromatic rings. The average Bonchev–Trinajstić information content (AvgIpc) is 3.15. The fraction of sp³-hybridized carbons (Fsp3) is 0.280. The highest BCUT2D eigenvalue weighted by Crippen LogP contribution is 2.42. The first-order valence-corrected chi connectivity index (χ1v) is 12.2. The molecule has 0 amide bonds. The van der Waals surface area contributed by atoms with E-state index < -0.39 is 0 Å². The van der Waals surface area contributed by atoms with Crippen LogP contribution in [-0.4, -0.2) is 42.8 Å². The Morgan fingerprint density at radius 2 is 1.64 bits per heavy atom. The van der Waals surface area contributed by atoms with Crippen LogP contribution in [0.3, 0.4) is 0 Å². The molecular weight excluding hydrogens is 459 g/mol. The summed E-state index contributed by atoms with van der Waals surface area (Å²) in [6.45, 7) is 7.94. The molecule has 2 aromatic carbocycles. The third-order valence-corrected chi connectivity index (χ3v) is 7.07. The van der Waals surface area contributed by atoms with Crippen LogP contribution in [0.2, 0.25) is 5.28 Å². The van der Waals surface area contributed by atoms with Gasteiger partial charge in [-0.2, -0.15) is 4.98 Å². The fourth-order valence-corrected chi connectivity index (χ4v) is 5.61. The maximum Gasteiger partial charge on any atom is 0.225 e. The van der Waals surface area contributed by atoms with Crippen molar-refractivity contribution in [1.29, 1.82) is 0 Å². The molecule has 33 heavy (non-hydrogen) atoms. The van der Waals surface area contributed by atoms with Crippen LogP contribution >= 0.6 is 22.9 Å². The number of rotatable bonds is 5. The van der Waals surface area contributed by atoms with Crippen LogP contribution in [0.4, 0.5) is 15.9 Å². The number of piperazine rings is 1.